The monoisotopic (exact) mass is 318 g/mol. The first kappa shape index (κ1) is 16.2. The van der Waals surface area contributed by atoms with E-state index in [1.807, 2.05) is 48.7 Å². The third kappa shape index (κ3) is 4.67. The Morgan fingerprint density at radius 2 is 1.67 bits per heavy atom. The quantitative estimate of drug-likeness (QED) is 0.707. The van der Waals surface area contributed by atoms with Gasteiger partial charge in [-0.3, -0.25) is 4.98 Å². The minimum Gasteiger partial charge on any atom is -0.489 e. The molecule has 122 valence electrons. The van der Waals surface area contributed by atoms with Gasteiger partial charge in [-0.1, -0.05) is 42.5 Å². The van der Waals surface area contributed by atoms with Gasteiger partial charge in [0, 0.05) is 19.3 Å². The van der Waals surface area contributed by atoms with Crippen LogP contribution in [-0.4, -0.2) is 4.98 Å². The van der Waals surface area contributed by atoms with Gasteiger partial charge in [0.1, 0.15) is 12.4 Å². The number of nitrogens with one attached hydrogen (secondary N) is 1. The van der Waals surface area contributed by atoms with Crippen LogP contribution >= 0.6 is 0 Å². The van der Waals surface area contributed by atoms with Crippen LogP contribution < -0.4 is 10.1 Å². The normalized spacial score (nSPS) is 10.5. The topological polar surface area (TPSA) is 34.1 Å². The van der Waals surface area contributed by atoms with E-state index >= 15 is 0 Å². The highest BCUT2D eigenvalue weighted by Crippen LogP contribution is 2.15. The van der Waals surface area contributed by atoms with Crippen molar-refractivity contribution in [3.8, 4) is 5.75 Å². The molecule has 0 saturated carbocycles. The van der Waals surface area contributed by atoms with E-state index in [1.165, 1.54) is 16.7 Å². The molecule has 0 bridgehead atoms. The van der Waals surface area contributed by atoms with Crippen LogP contribution in [0.5, 0.6) is 5.75 Å². The number of hydrogen-bond donors (Lipinski definition) is 1. The average Bonchev–Trinajstić information content (AvgIpc) is 2.63. The van der Waals surface area contributed by atoms with E-state index < -0.39 is 0 Å². The van der Waals surface area contributed by atoms with Crippen LogP contribution in [0.3, 0.4) is 0 Å². The van der Waals surface area contributed by atoms with Gasteiger partial charge in [-0.05, 0) is 47.9 Å². The number of pyridine rings is 1. The lowest BCUT2D eigenvalue weighted by atomic mass is 10.1. The largest absolute Gasteiger partial charge is 0.489 e. The maximum absolute atomic E-state index is 5.87. The van der Waals surface area contributed by atoms with E-state index in [-0.39, 0.29) is 0 Å². The summed E-state index contributed by atoms with van der Waals surface area (Å²) in [7, 11) is 0. The lowest BCUT2D eigenvalue weighted by Crippen LogP contribution is -2.13. The predicted molar refractivity (Wildman–Crippen MR) is 96.7 cm³/mol. The summed E-state index contributed by atoms with van der Waals surface area (Å²) in [6.07, 6.45) is 1.82. The number of nitrogens with zero attached hydrogens (tertiary/aromatic N) is 1. The number of aromatic nitrogens is 1. The maximum atomic E-state index is 5.87. The standard InChI is InChI=1S/C21H22N2O/c1-17-6-2-3-7-19(17)16-24-21-11-9-18(10-12-21)14-22-15-20-8-4-5-13-23-20/h2-13,22H,14-16H2,1H3. The van der Waals surface area contributed by atoms with E-state index in [9.17, 15) is 0 Å². The maximum Gasteiger partial charge on any atom is 0.119 e. The van der Waals surface area contributed by atoms with Crippen molar-refractivity contribution in [2.24, 2.45) is 0 Å². The van der Waals surface area contributed by atoms with Crippen LogP contribution in [0, 0.1) is 6.92 Å². The van der Waals surface area contributed by atoms with E-state index in [0.29, 0.717) is 6.61 Å². The van der Waals surface area contributed by atoms with Crippen LogP contribution in [0.2, 0.25) is 0 Å². The molecule has 24 heavy (non-hydrogen) atoms. The first-order chi connectivity index (χ1) is 11.8. The second-order valence-electron chi connectivity index (χ2n) is 5.78. The van der Waals surface area contributed by atoms with E-state index in [1.54, 1.807) is 0 Å². The Morgan fingerprint density at radius 1 is 0.875 bits per heavy atom. The molecule has 0 radical (unpaired) electrons. The van der Waals surface area contributed by atoms with Gasteiger partial charge < -0.3 is 10.1 Å². The summed E-state index contributed by atoms with van der Waals surface area (Å²) in [5.74, 6) is 0.895. The summed E-state index contributed by atoms with van der Waals surface area (Å²) in [6.45, 7) is 4.29. The highest BCUT2D eigenvalue weighted by Gasteiger charge is 2.00. The molecule has 0 fully saturated rings. The SMILES string of the molecule is Cc1ccccc1COc1ccc(CNCc2ccccn2)cc1. The van der Waals surface area contributed by atoms with Crippen molar-refractivity contribution >= 4 is 0 Å². The third-order valence-electron chi connectivity index (χ3n) is 3.94. The smallest absolute Gasteiger partial charge is 0.119 e. The van der Waals surface area contributed by atoms with Crippen molar-refractivity contribution in [1.82, 2.24) is 10.3 Å². The molecular formula is C21H22N2O. The molecule has 0 amide bonds. The zero-order valence-electron chi connectivity index (χ0n) is 13.9. The Morgan fingerprint density at radius 3 is 2.42 bits per heavy atom. The highest BCUT2D eigenvalue weighted by molar-refractivity contribution is 5.29. The molecule has 2 aromatic carbocycles. The Kier molecular flexibility index (Phi) is 5.59. The average molecular weight is 318 g/mol. The van der Waals surface area contributed by atoms with Crippen molar-refractivity contribution in [2.45, 2.75) is 26.6 Å². The molecule has 0 aliphatic carbocycles. The van der Waals surface area contributed by atoms with Gasteiger partial charge in [-0.25, -0.2) is 0 Å². The number of ether oxygens (including phenoxy) is 1. The molecule has 0 saturated heterocycles. The number of aryl methyl sites for hydroxylation is 1. The van der Waals surface area contributed by atoms with Crippen LogP contribution in [0.15, 0.2) is 72.9 Å². The molecule has 0 unspecified atom stereocenters. The molecule has 0 aliphatic rings. The molecule has 3 heteroatoms. The molecule has 1 N–H and O–H groups in total. The Hall–Kier alpha value is -2.65. The molecule has 3 aromatic rings. The second kappa shape index (κ2) is 8.27. The third-order valence-corrected chi connectivity index (χ3v) is 3.94. The van der Waals surface area contributed by atoms with Gasteiger partial charge in [0.2, 0.25) is 0 Å². The lowest BCUT2D eigenvalue weighted by Gasteiger charge is -2.09. The minimum atomic E-state index is 0.601. The fourth-order valence-corrected chi connectivity index (χ4v) is 2.47. The van der Waals surface area contributed by atoms with Crippen molar-refractivity contribution < 1.29 is 4.74 Å². The van der Waals surface area contributed by atoms with Crippen molar-refractivity contribution in [3.05, 3.63) is 95.3 Å². The minimum absolute atomic E-state index is 0.601. The van der Waals surface area contributed by atoms with Crippen LogP contribution in [0.25, 0.3) is 0 Å². The summed E-state index contributed by atoms with van der Waals surface area (Å²) in [4.78, 5) is 4.30. The fraction of sp³-hybridized carbons (Fsp3) is 0.190. The summed E-state index contributed by atoms with van der Waals surface area (Å²) < 4.78 is 5.87. The summed E-state index contributed by atoms with van der Waals surface area (Å²) in [6, 6.07) is 22.5. The molecule has 1 aromatic heterocycles. The second-order valence-corrected chi connectivity index (χ2v) is 5.78. The van der Waals surface area contributed by atoms with Gasteiger partial charge in [0.05, 0.1) is 5.69 Å². The Bertz CT molecular complexity index is 754. The molecular weight excluding hydrogens is 296 g/mol. The highest BCUT2D eigenvalue weighted by atomic mass is 16.5. The van der Waals surface area contributed by atoms with E-state index in [0.717, 1.165) is 24.5 Å². The molecule has 0 aliphatic heterocycles. The van der Waals surface area contributed by atoms with E-state index in [2.05, 4.69) is 41.5 Å². The lowest BCUT2D eigenvalue weighted by molar-refractivity contribution is 0.305. The molecule has 0 spiro atoms. The zero-order chi connectivity index (χ0) is 16.6. The van der Waals surface area contributed by atoms with Crippen molar-refractivity contribution in [3.63, 3.8) is 0 Å². The zero-order valence-corrected chi connectivity index (χ0v) is 13.9. The number of rotatable bonds is 7. The Balaban J connectivity index is 1.47. The fourth-order valence-electron chi connectivity index (χ4n) is 2.47. The molecule has 0 atom stereocenters. The van der Waals surface area contributed by atoms with Gasteiger partial charge >= 0.3 is 0 Å². The summed E-state index contributed by atoms with van der Waals surface area (Å²) >= 11 is 0. The van der Waals surface area contributed by atoms with Crippen LogP contribution in [-0.2, 0) is 19.7 Å². The molecule has 3 nitrogen and oxygen atoms in total. The predicted octanol–water partition coefficient (Wildman–Crippen LogP) is 4.26. The van der Waals surface area contributed by atoms with Gasteiger partial charge in [0.25, 0.3) is 0 Å². The van der Waals surface area contributed by atoms with Crippen LogP contribution in [0.4, 0.5) is 0 Å². The number of hydrogen-bond acceptors (Lipinski definition) is 3. The van der Waals surface area contributed by atoms with Crippen LogP contribution in [0.1, 0.15) is 22.4 Å². The van der Waals surface area contributed by atoms with Crippen molar-refractivity contribution in [2.75, 3.05) is 0 Å². The molecule has 1 heterocycles. The number of benzene rings is 2. The van der Waals surface area contributed by atoms with E-state index in [4.69, 9.17) is 4.74 Å². The first-order valence-electron chi connectivity index (χ1n) is 8.18. The van der Waals surface area contributed by atoms with Gasteiger partial charge in [0.15, 0.2) is 0 Å². The van der Waals surface area contributed by atoms with Crippen molar-refractivity contribution in [1.29, 1.82) is 0 Å². The molecule has 3 rings (SSSR count). The first-order valence-corrected chi connectivity index (χ1v) is 8.18. The summed E-state index contributed by atoms with van der Waals surface area (Å²) in [5, 5.41) is 3.40. The van der Waals surface area contributed by atoms with Gasteiger partial charge in [-0.15, -0.1) is 0 Å². The van der Waals surface area contributed by atoms with Gasteiger partial charge in [-0.2, -0.15) is 0 Å². The Labute approximate surface area is 143 Å². The summed E-state index contributed by atoms with van der Waals surface area (Å²) in [5.41, 5.74) is 4.76.